The molecule has 0 aromatic heterocycles. The fourth-order valence-electron chi connectivity index (χ4n) is 4.11. The minimum Gasteiger partial charge on any atom is -0.444 e. The molecule has 0 aliphatic heterocycles. The number of carbonyl (C=O) groups is 4. The summed E-state index contributed by atoms with van der Waals surface area (Å²) < 4.78 is 15.8. The SMILES string of the molecule is CC(C)(C)OC(=O)NCCCCCCCC(=O)Nc1ccc(Nc2ccc(N=C(NC(=O)OC(C)(C)C)NC(=O)OC(C)(C)C)cc2)cc1. The highest BCUT2D eigenvalue weighted by molar-refractivity contribution is 6.02. The van der Waals surface area contributed by atoms with Crippen molar-refractivity contribution < 1.29 is 33.4 Å². The van der Waals surface area contributed by atoms with Gasteiger partial charge in [0, 0.05) is 30.0 Å². The Bertz CT molecular complexity index is 1370. The van der Waals surface area contributed by atoms with Crippen LogP contribution >= 0.6 is 0 Å². The third kappa shape index (κ3) is 19.6. The number of benzene rings is 2. The summed E-state index contributed by atoms with van der Waals surface area (Å²) in [6, 6.07) is 14.4. The van der Waals surface area contributed by atoms with Crippen molar-refractivity contribution in [2.24, 2.45) is 4.99 Å². The Kier molecular flexibility index (Phi) is 15.4. The molecule has 4 amide bonds. The van der Waals surface area contributed by atoms with E-state index in [0.29, 0.717) is 24.3 Å². The maximum Gasteiger partial charge on any atom is 0.414 e. The molecule has 13 nitrogen and oxygen atoms in total. The quantitative estimate of drug-likeness (QED) is 0.0645. The summed E-state index contributed by atoms with van der Waals surface area (Å²) in [5.41, 5.74) is 0.761. The molecular weight excluding hydrogens is 628 g/mol. The van der Waals surface area contributed by atoms with Crippen molar-refractivity contribution in [2.45, 2.75) is 118 Å². The van der Waals surface area contributed by atoms with E-state index in [4.69, 9.17) is 14.2 Å². The Hall–Kier alpha value is -4.81. The van der Waals surface area contributed by atoms with Crippen LogP contribution < -0.4 is 26.6 Å². The van der Waals surface area contributed by atoms with Gasteiger partial charge in [-0.05, 0) is 124 Å². The number of ether oxygens (including phenoxy) is 3. The number of amides is 4. The van der Waals surface area contributed by atoms with E-state index >= 15 is 0 Å². The molecule has 0 heterocycles. The number of nitrogens with zero attached hydrogens (tertiary/aromatic N) is 1. The van der Waals surface area contributed by atoms with Crippen LogP contribution in [0.5, 0.6) is 0 Å². The van der Waals surface area contributed by atoms with Gasteiger partial charge < -0.3 is 30.2 Å². The van der Waals surface area contributed by atoms with Gasteiger partial charge in [0.2, 0.25) is 11.9 Å². The Balaban J connectivity index is 1.82. The number of unbranched alkanes of at least 4 members (excludes halogenated alkanes) is 4. The van der Waals surface area contributed by atoms with Gasteiger partial charge in [-0.1, -0.05) is 19.3 Å². The number of hydrogen-bond donors (Lipinski definition) is 5. The Morgan fingerprint density at radius 3 is 1.51 bits per heavy atom. The first-order valence-corrected chi connectivity index (χ1v) is 16.6. The first-order chi connectivity index (χ1) is 22.8. The highest BCUT2D eigenvalue weighted by Crippen LogP contribution is 2.22. The van der Waals surface area contributed by atoms with Gasteiger partial charge in [-0.25, -0.2) is 19.4 Å². The number of alkyl carbamates (subject to hydrolysis) is 3. The zero-order valence-corrected chi connectivity index (χ0v) is 30.4. The summed E-state index contributed by atoms with van der Waals surface area (Å²) in [4.78, 5) is 53.1. The molecule has 270 valence electrons. The number of nitrogens with one attached hydrogen (secondary N) is 5. The van der Waals surface area contributed by atoms with Crippen molar-refractivity contribution in [1.82, 2.24) is 16.0 Å². The van der Waals surface area contributed by atoms with Crippen LogP contribution in [-0.2, 0) is 19.0 Å². The zero-order valence-electron chi connectivity index (χ0n) is 30.4. The fourth-order valence-corrected chi connectivity index (χ4v) is 4.11. The Morgan fingerprint density at radius 2 is 1.00 bits per heavy atom. The maximum atomic E-state index is 12.4. The van der Waals surface area contributed by atoms with Crippen LogP contribution in [0.3, 0.4) is 0 Å². The topological polar surface area (TPSA) is 168 Å². The van der Waals surface area contributed by atoms with Gasteiger partial charge in [-0.2, -0.15) is 0 Å². The van der Waals surface area contributed by atoms with E-state index in [1.165, 1.54) is 0 Å². The summed E-state index contributed by atoms with van der Waals surface area (Å²) in [6.07, 6.45) is 3.04. The summed E-state index contributed by atoms with van der Waals surface area (Å²) >= 11 is 0. The molecule has 0 saturated carbocycles. The average Bonchev–Trinajstić information content (AvgIpc) is 2.93. The highest BCUT2D eigenvalue weighted by Gasteiger charge is 2.21. The van der Waals surface area contributed by atoms with Gasteiger partial charge in [0.1, 0.15) is 16.8 Å². The van der Waals surface area contributed by atoms with E-state index in [1.807, 2.05) is 45.0 Å². The predicted octanol–water partition coefficient (Wildman–Crippen LogP) is 8.27. The zero-order chi connectivity index (χ0) is 36.7. The number of guanidine groups is 1. The number of carbonyl (C=O) groups excluding carboxylic acids is 4. The lowest BCUT2D eigenvalue weighted by molar-refractivity contribution is -0.116. The lowest BCUT2D eigenvalue weighted by atomic mass is 10.1. The van der Waals surface area contributed by atoms with E-state index in [9.17, 15) is 19.2 Å². The Morgan fingerprint density at radius 1 is 0.571 bits per heavy atom. The fraction of sp³-hybridized carbons (Fsp3) is 0.528. The van der Waals surface area contributed by atoms with E-state index in [0.717, 1.165) is 43.5 Å². The molecule has 0 fully saturated rings. The van der Waals surface area contributed by atoms with Crippen LogP contribution in [0.2, 0.25) is 0 Å². The van der Waals surface area contributed by atoms with Crippen LogP contribution in [-0.4, -0.2) is 53.5 Å². The van der Waals surface area contributed by atoms with Gasteiger partial charge in [0.15, 0.2) is 0 Å². The lowest BCUT2D eigenvalue weighted by Crippen LogP contribution is -2.47. The third-order valence-electron chi connectivity index (χ3n) is 6.05. The average molecular weight is 683 g/mol. The van der Waals surface area contributed by atoms with Gasteiger partial charge in [0.25, 0.3) is 0 Å². The van der Waals surface area contributed by atoms with Crippen LogP contribution in [0.15, 0.2) is 53.5 Å². The number of anilines is 3. The highest BCUT2D eigenvalue weighted by atomic mass is 16.6. The van der Waals surface area contributed by atoms with Gasteiger partial charge in [-0.15, -0.1) is 0 Å². The molecule has 13 heteroatoms. The van der Waals surface area contributed by atoms with Crippen molar-refractivity contribution >= 4 is 52.9 Å². The molecule has 49 heavy (non-hydrogen) atoms. The smallest absolute Gasteiger partial charge is 0.414 e. The molecule has 5 N–H and O–H groups in total. The monoisotopic (exact) mass is 682 g/mol. The van der Waals surface area contributed by atoms with Gasteiger partial charge >= 0.3 is 18.3 Å². The van der Waals surface area contributed by atoms with Crippen LogP contribution in [0.1, 0.15) is 101 Å². The molecule has 0 unspecified atom stereocenters. The van der Waals surface area contributed by atoms with Crippen LogP contribution in [0, 0.1) is 0 Å². The number of hydrogen-bond acceptors (Lipinski definition) is 9. The van der Waals surface area contributed by atoms with E-state index in [1.54, 1.807) is 65.8 Å². The number of aliphatic imine (C=N–C) groups is 1. The maximum absolute atomic E-state index is 12.4. The van der Waals surface area contributed by atoms with Crippen molar-refractivity contribution in [2.75, 3.05) is 17.2 Å². The molecule has 0 radical (unpaired) electrons. The van der Waals surface area contributed by atoms with E-state index < -0.39 is 35.1 Å². The summed E-state index contributed by atoms with van der Waals surface area (Å²) in [5.74, 6) is -0.184. The number of rotatable bonds is 12. The molecule has 0 aliphatic carbocycles. The van der Waals surface area contributed by atoms with Crippen molar-refractivity contribution in [3.63, 3.8) is 0 Å². The molecule has 2 aromatic rings. The standard InChI is InChI=1S/C36H54N6O7/c1-34(2,3)47-31(44)37-24-14-12-10-11-13-15-29(43)39-27-20-16-25(17-21-27)38-26-18-22-28(23-19-26)40-30(41-32(45)48-35(4,5)6)42-33(46)49-36(7,8)9/h16-23,38H,10-15,24H2,1-9H3,(H,37,44)(H,39,43)(H2,40,41,42,45,46). The van der Waals surface area contributed by atoms with Crippen molar-refractivity contribution in [1.29, 1.82) is 0 Å². The first-order valence-electron chi connectivity index (χ1n) is 16.6. The van der Waals surface area contributed by atoms with Crippen LogP contribution in [0.4, 0.5) is 37.1 Å². The molecule has 0 atom stereocenters. The molecule has 2 rings (SSSR count). The summed E-state index contributed by atoms with van der Waals surface area (Å²) in [5, 5.41) is 13.9. The van der Waals surface area contributed by atoms with E-state index in [-0.39, 0.29) is 11.9 Å². The Labute approximate surface area is 290 Å². The second-order valence-corrected chi connectivity index (χ2v) is 14.5. The minimum atomic E-state index is -0.779. The van der Waals surface area contributed by atoms with Crippen LogP contribution in [0.25, 0.3) is 0 Å². The summed E-state index contributed by atoms with van der Waals surface area (Å²) in [6.45, 7) is 16.4. The van der Waals surface area contributed by atoms with Crippen molar-refractivity contribution in [3.8, 4) is 0 Å². The lowest BCUT2D eigenvalue weighted by Gasteiger charge is -2.22. The normalized spacial score (nSPS) is 11.4. The predicted molar refractivity (Wildman–Crippen MR) is 193 cm³/mol. The largest absolute Gasteiger partial charge is 0.444 e. The first kappa shape index (κ1) is 40.4. The second kappa shape index (κ2) is 18.7. The molecule has 0 bridgehead atoms. The third-order valence-corrected chi connectivity index (χ3v) is 6.05. The second-order valence-electron chi connectivity index (χ2n) is 14.5. The molecule has 0 spiro atoms. The molecule has 2 aromatic carbocycles. The molecule has 0 aliphatic rings. The van der Waals surface area contributed by atoms with Crippen molar-refractivity contribution in [3.05, 3.63) is 48.5 Å². The molecule has 0 saturated heterocycles. The molecular formula is C36H54N6O7. The van der Waals surface area contributed by atoms with E-state index in [2.05, 4.69) is 31.6 Å². The van der Waals surface area contributed by atoms with Gasteiger partial charge in [-0.3, -0.25) is 15.4 Å². The van der Waals surface area contributed by atoms with Gasteiger partial charge in [0.05, 0.1) is 5.69 Å². The minimum absolute atomic E-state index is 0.0369. The summed E-state index contributed by atoms with van der Waals surface area (Å²) in [7, 11) is 0.